The highest BCUT2D eigenvalue weighted by atomic mass is 16.3. The van der Waals surface area contributed by atoms with E-state index >= 15 is 0 Å². The number of rotatable bonds is 5. The molecular weight excluding hydrogens is 222 g/mol. The Hall–Kier alpha value is -1.28. The predicted octanol–water partition coefficient (Wildman–Crippen LogP) is 4.27. The second-order valence-electron chi connectivity index (χ2n) is 5.33. The molecule has 1 aromatic carbocycles. The largest absolute Gasteiger partial charge is 0.459 e. The average molecular weight is 243 g/mol. The van der Waals surface area contributed by atoms with E-state index in [0.717, 1.165) is 23.8 Å². The van der Waals surface area contributed by atoms with Gasteiger partial charge in [-0.05, 0) is 31.0 Å². The lowest BCUT2D eigenvalue weighted by atomic mass is 9.80. The van der Waals surface area contributed by atoms with Crippen molar-refractivity contribution in [2.24, 2.45) is 5.92 Å². The van der Waals surface area contributed by atoms with Gasteiger partial charge in [0, 0.05) is 5.39 Å². The smallest absolute Gasteiger partial charge is 0.134 e. The second kappa shape index (κ2) is 5.15. The summed E-state index contributed by atoms with van der Waals surface area (Å²) in [6, 6.07) is 10.8. The molecule has 2 nitrogen and oxygen atoms in total. The summed E-state index contributed by atoms with van der Waals surface area (Å²) >= 11 is 0. The fraction of sp³-hybridized carbons (Fsp3) is 0.500. The Labute approximate surface area is 108 Å². The SMILES string of the molecule is CCNC(CC1CCC1)c1cc2ccccc2o1. The molecule has 0 spiro atoms. The Bertz CT molecular complexity index is 480. The summed E-state index contributed by atoms with van der Waals surface area (Å²) < 4.78 is 5.99. The average Bonchev–Trinajstić information content (AvgIpc) is 2.75. The molecule has 3 rings (SSSR count). The van der Waals surface area contributed by atoms with Gasteiger partial charge >= 0.3 is 0 Å². The van der Waals surface area contributed by atoms with Crippen LogP contribution in [0.1, 0.15) is 44.4 Å². The molecule has 0 amide bonds. The van der Waals surface area contributed by atoms with Gasteiger partial charge in [0.1, 0.15) is 11.3 Å². The predicted molar refractivity (Wildman–Crippen MR) is 74.6 cm³/mol. The van der Waals surface area contributed by atoms with Crippen LogP contribution in [-0.4, -0.2) is 6.54 Å². The molecule has 1 aliphatic carbocycles. The fourth-order valence-corrected chi connectivity index (χ4v) is 2.78. The molecule has 1 aromatic heterocycles. The number of hydrogen-bond donors (Lipinski definition) is 1. The Kier molecular flexibility index (Phi) is 3.37. The van der Waals surface area contributed by atoms with Crippen molar-refractivity contribution in [1.29, 1.82) is 0 Å². The quantitative estimate of drug-likeness (QED) is 0.848. The third kappa shape index (κ3) is 2.30. The number of nitrogens with one attached hydrogen (secondary N) is 1. The van der Waals surface area contributed by atoms with Crippen molar-refractivity contribution in [2.75, 3.05) is 6.54 Å². The van der Waals surface area contributed by atoms with Crippen molar-refractivity contribution in [3.05, 3.63) is 36.1 Å². The van der Waals surface area contributed by atoms with Crippen molar-refractivity contribution in [2.45, 2.75) is 38.6 Å². The molecule has 1 heterocycles. The summed E-state index contributed by atoms with van der Waals surface area (Å²) in [6.07, 6.45) is 5.40. The minimum Gasteiger partial charge on any atom is -0.459 e. The lowest BCUT2D eigenvalue weighted by Gasteiger charge is -2.29. The zero-order valence-corrected chi connectivity index (χ0v) is 11.0. The summed E-state index contributed by atoms with van der Waals surface area (Å²) in [5.74, 6) is 1.99. The first-order valence-electron chi connectivity index (χ1n) is 7.08. The van der Waals surface area contributed by atoms with E-state index < -0.39 is 0 Å². The van der Waals surface area contributed by atoms with Gasteiger partial charge in [0.25, 0.3) is 0 Å². The van der Waals surface area contributed by atoms with Crippen LogP contribution in [-0.2, 0) is 0 Å². The van der Waals surface area contributed by atoms with Crippen molar-refractivity contribution >= 4 is 11.0 Å². The monoisotopic (exact) mass is 243 g/mol. The molecule has 1 N–H and O–H groups in total. The van der Waals surface area contributed by atoms with Gasteiger partial charge in [-0.25, -0.2) is 0 Å². The van der Waals surface area contributed by atoms with Crippen molar-refractivity contribution in [1.82, 2.24) is 5.32 Å². The molecule has 96 valence electrons. The lowest BCUT2D eigenvalue weighted by molar-refractivity contribution is 0.249. The first-order chi connectivity index (χ1) is 8.86. The first-order valence-corrected chi connectivity index (χ1v) is 7.08. The molecule has 2 heteroatoms. The van der Waals surface area contributed by atoms with Gasteiger partial charge in [-0.2, -0.15) is 0 Å². The molecular formula is C16H21NO. The maximum Gasteiger partial charge on any atom is 0.134 e. The topological polar surface area (TPSA) is 25.2 Å². The van der Waals surface area contributed by atoms with Gasteiger partial charge in [-0.1, -0.05) is 44.4 Å². The van der Waals surface area contributed by atoms with Crippen molar-refractivity contribution < 1.29 is 4.42 Å². The minimum atomic E-state index is 0.382. The van der Waals surface area contributed by atoms with Crippen LogP contribution in [0.4, 0.5) is 0 Å². The van der Waals surface area contributed by atoms with E-state index in [4.69, 9.17) is 4.42 Å². The molecule has 1 unspecified atom stereocenters. The van der Waals surface area contributed by atoms with E-state index in [0.29, 0.717) is 6.04 Å². The normalized spacial score (nSPS) is 17.8. The van der Waals surface area contributed by atoms with Crippen LogP contribution in [0.2, 0.25) is 0 Å². The zero-order valence-electron chi connectivity index (χ0n) is 11.0. The Morgan fingerprint density at radius 2 is 2.17 bits per heavy atom. The first kappa shape index (κ1) is 11.8. The van der Waals surface area contributed by atoms with Crippen LogP contribution in [0.25, 0.3) is 11.0 Å². The van der Waals surface area contributed by atoms with E-state index in [2.05, 4.69) is 30.4 Å². The molecule has 0 radical (unpaired) electrons. The molecule has 2 aromatic rings. The van der Waals surface area contributed by atoms with Gasteiger partial charge in [-0.15, -0.1) is 0 Å². The summed E-state index contributed by atoms with van der Waals surface area (Å²) in [6.45, 7) is 3.16. The van der Waals surface area contributed by atoms with Crippen molar-refractivity contribution in [3.8, 4) is 0 Å². The lowest BCUT2D eigenvalue weighted by Crippen LogP contribution is -2.25. The molecule has 1 atom stereocenters. The number of benzene rings is 1. The molecule has 0 saturated heterocycles. The van der Waals surface area contributed by atoms with Gasteiger partial charge in [0.05, 0.1) is 6.04 Å². The van der Waals surface area contributed by atoms with Gasteiger partial charge in [0.15, 0.2) is 0 Å². The fourth-order valence-electron chi connectivity index (χ4n) is 2.78. The van der Waals surface area contributed by atoms with E-state index in [1.807, 2.05) is 12.1 Å². The Morgan fingerprint density at radius 3 is 2.83 bits per heavy atom. The van der Waals surface area contributed by atoms with Crippen LogP contribution in [0, 0.1) is 5.92 Å². The van der Waals surface area contributed by atoms with E-state index in [1.54, 1.807) is 0 Å². The van der Waals surface area contributed by atoms with Crippen LogP contribution in [0.5, 0.6) is 0 Å². The van der Waals surface area contributed by atoms with Gasteiger partial charge < -0.3 is 9.73 Å². The van der Waals surface area contributed by atoms with Gasteiger partial charge in [-0.3, -0.25) is 0 Å². The highest BCUT2D eigenvalue weighted by Gasteiger charge is 2.24. The summed E-state index contributed by atoms with van der Waals surface area (Å²) in [4.78, 5) is 0. The third-order valence-electron chi connectivity index (χ3n) is 4.03. The maximum atomic E-state index is 5.99. The standard InChI is InChI=1S/C16H21NO/c1-2-17-14(10-12-6-5-7-12)16-11-13-8-3-4-9-15(13)18-16/h3-4,8-9,11-12,14,17H,2,5-7,10H2,1H3. The zero-order chi connectivity index (χ0) is 12.4. The summed E-state index contributed by atoms with van der Waals surface area (Å²) in [7, 11) is 0. The number of hydrogen-bond acceptors (Lipinski definition) is 2. The summed E-state index contributed by atoms with van der Waals surface area (Å²) in [5, 5.41) is 4.78. The Morgan fingerprint density at radius 1 is 1.33 bits per heavy atom. The van der Waals surface area contributed by atoms with E-state index in [-0.39, 0.29) is 0 Å². The number of furan rings is 1. The van der Waals surface area contributed by atoms with Crippen LogP contribution in [0.15, 0.2) is 34.7 Å². The number of fused-ring (bicyclic) bond motifs is 1. The number of para-hydroxylation sites is 1. The Balaban J connectivity index is 1.83. The molecule has 1 fully saturated rings. The molecule has 18 heavy (non-hydrogen) atoms. The minimum absolute atomic E-state index is 0.382. The second-order valence-corrected chi connectivity index (χ2v) is 5.33. The highest BCUT2D eigenvalue weighted by Crippen LogP contribution is 2.36. The molecule has 1 aliphatic rings. The summed E-state index contributed by atoms with van der Waals surface area (Å²) in [5.41, 5.74) is 1.00. The highest BCUT2D eigenvalue weighted by molar-refractivity contribution is 5.77. The third-order valence-corrected chi connectivity index (χ3v) is 4.03. The maximum absolute atomic E-state index is 5.99. The van der Waals surface area contributed by atoms with Gasteiger partial charge in [0.2, 0.25) is 0 Å². The van der Waals surface area contributed by atoms with E-state index in [9.17, 15) is 0 Å². The van der Waals surface area contributed by atoms with Crippen LogP contribution < -0.4 is 5.32 Å². The van der Waals surface area contributed by atoms with E-state index in [1.165, 1.54) is 31.1 Å². The van der Waals surface area contributed by atoms with Crippen molar-refractivity contribution in [3.63, 3.8) is 0 Å². The van der Waals surface area contributed by atoms with Crippen LogP contribution in [0.3, 0.4) is 0 Å². The molecule has 0 bridgehead atoms. The van der Waals surface area contributed by atoms with Crippen LogP contribution >= 0.6 is 0 Å². The molecule has 1 saturated carbocycles. The molecule has 0 aliphatic heterocycles.